The van der Waals surface area contributed by atoms with Crippen LogP contribution in [0.3, 0.4) is 0 Å². The van der Waals surface area contributed by atoms with Crippen molar-refractivity contribution in [3.63, 3.8) is 0 Å². The van der Waals surface area contributed by atoms with Crippen molar-refractivity contribution in [1.82, 2.24) is 14.5 Å². The molecule has 1 aliphatic heterocycles. The number of carbonyl (C=O) groups excluding carboxylic acids is 2. The van der Waals surface area contributed by atoms with Gasteiger partial charge in [-0.25, -0.2) is 4.79 Å². The van der Waals surface area contributed by atoms with E-state index in [0.29, 0.717) is 35.8 Å². The lowest BCUT2D eigenvalue weighted by molar-refractivity contribution is 0.0592. The maximum absolute atomic E-state index is 13.2. The van der Waals surface area contributed by atoms with Crippen molar-refractivity contribution in [2.24, 2.45) is 0 Å². The van der Waals surface area contributed by atoms with Gasteiger partial charge in [0.2, 0.25) is 0 Å². The van der Waals surface area contributed by atoms with Crippen LogP contribution >= 0.6 is 0 Å². The molecule has 0 bridgehead atoms. The van der Waals surface area contributed by atoms with Gasteiger partial charge in [0.25, 0.3) is 11.5 Å². The quantitative estimate of drug-likeness (QED) is 0.517. The fraction of sp³-hybridized carbons (Fsp3) is 0.280. The Labute approximate surface area is 196 Å². The first-order chi connectivity index (χ1) is 16.5. The van der Waals surface area contributed by atoms with Crippen molar-refractivity contribution in [3.05, 3.63) is 87.6 Å². The van der Waals surface area contributed by atoms with Crippen LogP contribution in [-0.4, -0.2) is 53.6 Å². The molecule has 9 heteroatoms. The highest BCUT2D eigenvalue weighted by Gasteiger charge is 2.28. The van der Waals surface area contributed by atoms with Crippen LogP contribution in [0.1, 0.15) is 32.1 Å². The van der Waals surface area contributed by atoms with Crippen LogP contribution in [0.15, 0.2) is 59.5 Å². The molecular weight excluding hydrogens is 438 g/mol. The predicted molar refractivity (Wildman–Crippen MR) is 123 cm³/mol. The van der Waals surface area contributed by atoms with Crippen LogP contribution in [0.25, 0.3) is 0 Å². The molecule has 0 atom stereocenters. The second kappa shape index (κ2) is 10.2. The number of hydrogen-bond donors (Lipinski definition) is 0. The minimum Gasteiger partial charge on any atom is -0.496 e. The van der Waals surface area contributed by atoms with Gasteiger partial charge in [0.05, 0.1) is 25.5 Å². The SMILES string of the molecule is COC(=O)c1c(OCc2ccccn2)cc(=O)n2c1CCN(C(=O)c1ccccc1OC)CC2. The highest BCUT2D eigenvalue weighted by Crippen LogP contribution is 2.26. The number of aromatic nitrogens is 2. The number of amides is 1. The van der Waals surface area contributed by atoms with Crippen LogP contribution in [0.4, 0.5) is 0 Å². The molecule has 2 aromatic heterocycles. The van der Waals surface area contributed by atoms with Gasteiger partial charge >= 0.3 is 5.97 Å². The van der Waals surface area contributed by atoms with E-state index >= 15 is 0 Å². The number of esters is 1. The Bertz CT molecular complexity index is 1260. The second-order valence-electron chi connectivity index (χ2n) is 7.66. The Morgan fingerprint density at radius 2 is 1.79 bits per heavy atom. The normalized spacial score (nSPS) is 12.9. The molecule has 4 rings (SSSR count). The van der Waals surface area contributed by atoms with E-state index in [-0.39, 0.29) is 42.4 Å². The lowest BCUT2D eigenvalue weighted by Gasteiger charge is -2.21. The molecule has 3 heterocycles. The van der Waals surface area contributed by atoms with E-state index in [0.717, 1.165) is 0 Å². The molecule has 9 nitrogen and oxygen atoms in total. The number of methoxy groups -OCH3 is 2. The molecule has 1 amide bonds. The smallest absolute Gasteiger partial charge is 0.343 e. The van der Waals surface area contributed by atoms with Crippen molar-refractivity contribution < 1.29 is 23.8 Å². The number of pyridine rings is 2. The molecule has 176 valence electrons. The Kier molecular flexibility index (Phi) is 6.91. The van der Waals surface area contributed by atoms with E-state index in [4.69, 9.17) is 14.2 Å². The molecule has 0 unspecified atom stereocenters. The van der Waals surface area contributed by atoms with Crippen LogP contribution < -0.4 is 15.0 Å². The third-order valence-corrected chi connectivity index (χ3v) is 5.71. The van der Waals surface area contributed by atoms with Crippen molar-refractivity contribution in [2.75, 3.05) is 27.3 Å². The summed E-state index contributed by atoms with van der Waals surface area (Å²) >= 11 is 0. The fourth-order valence-corrected chi connectivity index (χ4v) is 4.02. The first kappa shape index (κ1) is 23.0. The topological polar surface area (TPSA) is 100.0 Å². The standard InChI is InChI=1S/C25H25N3O6/c1-32-20-9-4-3-8-18(20)24(30)27-12-10-19-23(25(31)33-2)21(15-22(29)28(19)14-13-27)34-16-17-7-5-6-11-26-17/h3-9,11,15H,10,12-14,16H2,1-2H3. The van der Waals surface area contributed by atoms with Crippen LogP contribution in [0.5, 0.6) is 11.5 Å². The molecule has 3 aromatic rings. The average Bonchev–Trinajstić information content (AvgIpc) is 3.11. The van der Waals surface area contributed by atoms with Gasteiger partial charge in [0.15, 0.2) is 0 Å². The van der Waals surface area contributed by atoms with E-state index in [1.54, 1.807) is 47.5 Å². The maximum atomic E-state index is 13.2. The number of nitrogens with zero attached hydrogens (tertiary/aromatic N) is 3. The van der Waals surface area contributed by atoms with E-state index in [9.17, 15) is 14.4 Å². The van der Waals surface area contributed by atoms with Gasteiger partial charge in [-0.05, 0) is 24.3 Å². The van der Waals surface area contributed by atoms with Gasteiger partial charge in [-0.3, -0.25) is 14.6 Å². The Balaban J connectivity index is 1.65. The Morgan fingerprint density at radius 1 is 1.00 bits per heavy atom. The van der Waals surface area contributed by atoms with Gasteiger partial charge in [0.1, 0.15) is 23.7 Å². The van der Waals surface area contributed by atoms with Crippen molar-refractivity contribution in [3.8, 4) is 11.5 Å². The zero-order valence-corrected chi connectivity index (χ0v) is 19.0. The lowest BCUT2D eigenvalue weighted by atomic mass is 10.1. The molecule has 1 aromatic carbocycles. The summed E-state index contributed by atoms with van der Waals surface area (Å²) in [5, 5.41) is 0. The first-order valence-electron chi connectivity index (χ1n) is 10.8. The first-order valence-corrected chi connectivity index (χ1v) is 10.8. The largest absolute Gasteiger partial charge is 0.496 e. The lowest BCUT2D eigenvalue weighted by Crippen LogP contribution is -2.34. The molecular formula is C25H25N3O6. The third kappa shape index (κ3) is 4.63. The van der Waals surface area contributed by atoms with E-state index in [1.165, 1.54) is 24.9 Å². The number of para-hydroxylation sites is 1. The summed E-state index contributed by atoms with van der Waals surface area (Å²) in [6, 6.07) is 13.7. The van der Waals surface area contributed by atoms with Gasteiger partial charge in [0, 0.05) is 44.0 Å². The summed E-state index contributed by atoms with van der Waals surface area (Å²) in [7, 11) is 2.79. The number of rotatable bonds is 6. The minimum atomic E-state index is -0.607. The molecule has 0 spiro atoms. The summed E-state index contributed by atoms with van der Waals surface area (Å²) in [4.78, 5) is 44.7. The van der Waals surface area contributed by atoms with Crippen molar-refractivity contribution >= 4 is 11.9 Å². The average molecular weight is 463 g/mol. The number of fused-ring (bicyclic) bond motifs is 1. The van der Waals surface area contributed by atoms with Crippen LogP contribution in [-0.2, 0) is 24.3 Å². The van der Waals surface area contributed by atoms with Crippen LogP contribution in [0.2, 0.25) is 0 Å². The molecule has 0 saturated carbocycles. The third-order valence-electron chi connectivity index (χ3n) is 5.71. The maximum Gasteiger partial charge on any atom is 0.343 e. The van der Waals surface area contributed by atoms with Gasteiger partial charge in [-0.15, -0.1) is 0 Å². The minimum absolute atomic E-state index is 0.0894. The summed E-state index contributed by atoms with van der Waals surface area (Å²) in [5.74, 6) is -0.195. The molecule has 0 fully saturated rings. The van der Waals surface area contributed by atoms with Crippen molar-refractivity contribution in [2.45, 2.75) is 19.6 Å². The monoisotopic (exact) mass is 463 g/mol. The number of hydrogen-bond acceptors (Lipinski definition) is 7. The molecule has 0 saturated heterocycles. The Morgan fingerprint density at radius 3 is 2.53 bits per heavy atom. The summed E-state index contributed by atoms with van der Waals surface area (Å²) in [6.07, 6.45) is 1.92. The Hall–Kier alpha value is -4.14. The highest BCUT2D eigenvalue weighted by molar-refractivity contribution is 5.97. The van der Waals surface area contributed by atoms with Crippen molar-refractivity contribution in [1.29, 1.82) is 0 Å². The van der Waals surface area contributed by atoms with Gasteiger partial charge < -0.3 is 23.7 Å². The number of carbonyl (C=O) groups is 2. The van der Waals surface area contributed by atoms with E-state index in [2.05, 4.69) is 4.98 Å². The molecule has 0 radical (unpaired) electrons. The highest BCUT2D eigenvalue weighted by atomic mass is 16.5. The van der Waals surface area contributed by atoms with E-state index in [1.807, 2.05) is 6.07 Å². The fourth-order valence-electron chi connectivity index (χ4n) is 4.02. The zero-order valence-electron chi connectivity index (χ0n) is 19.0. The molecule has 0 aliphatic carbocycles. The van der Waals surface area contributed by atoms with Crippen LogP contribution in [0, 0.1) is 0 Å². The van der Waals surface area contributed by atoms with Gasteiger partial charge in [-0.2, -0.15) is 0 Å². The second-order valence-corrected chi connectivity index (χ2v) is 7.66. The molecule has 0 N–H and O–H groups in total. The summed E-state index contributed by atoms with van der Waals surface area (Å²) < 4.78 is 17.7. The van der Waals surface area contributed by atoms with Gasteiger partial charge in [-0.1, -0.05) is 18.2 Å². The molecule has 34 heavy (non-hydrogen) atoms. The number of ether oxygens (including phenoxy) is 3. The molecule has 1 aliphatic rings. The predicted octanol–water partition coefficient (Wildman–Crippen LogP) is 2.32. The summed E-state index contributed by atoms with van der Waals surface area (Å²) in [6.45, 7) is 0.939. The van der Waals surface area contributed by atoms with E-state index < -0.39 is 5.97 Å². The summed E-state index contributed by atoms with van der Waals surface area (Å²) in [5.41, 5.74) is 1.44. The number of benzene rings is 1. The zero-order chi connectivity index (χ0) is 24.1.